The molecule has 0 unspecified atom stereocenters. The van der Waals surface area contributed by atoms with Crippen LogP contribution in [0.5, 0.6) is 0 Å². The summed E-state index contributed by atoms with van der Waals surface area (Å²) in [6.45, 7) is 6.04. The third-order valence-electron chi connectivity index (χ3n) is 4.58. The van der Waals surface area contributed by atoms with Gasteiger partial charge in [-0.1, -0.05) is 6.42 Å². The molecule has 1 saturated carbocycles. The van der Waals surface area contributed by atoms with E-state index in [9.17, 15) is 8.42 Å². The summed E-state index contributed by atoms with van der Waals surface area (Å²) in [5, 5.41) is 4.39. The molecule has 0 aliphatic heterocycles. The second kappa shape index (κ2) is 6.66. The largest absolute Gasteiger partial charge is 0.383 e. The monoisotopic (exact) mass is 473 g/mol. The molecule has 0 saturated heterocycles. The average molecular weight is 473 g/mol. The van der Waals surface area contributed by atoms with E-state index in [1.807, 2.05) is 45.0 Å². The lowest BCUT2D eigenvalue weighted by molar-refractivity contribution is 0.339. The van der Waals surface area contributed by atoms with Crippen LogP contribution in [0.3, 0.4) is 0 Å². The Morgan fingerprint density at radius 1 is 1.24 bits per heavy atom. The van der Waals surface area contributed by atoms with Gasteiger partial charge in [-0.25, -0.2) is 13.1 Å². The van der Waals surface area contributed by atoms with Gasteiger partial charge >= 0.3 is 0 Å². The molecule has 25 heavy (non-hydrogen) atoms. The molecule has 2 aromatic rings. The number of halogens is 1. The summed E-state index contributed by atoms with van der Waals surface area (Å²) < 4.78 is 29.1. The summed E-state index contributed by atoms with van der Waals surface area (Å²) in [6.07, 6.45) is 4.08. The van der Waals surface area contributed by atoms with Gasteiger partial charge in [-0.15, -0.1) is 0 Å². The molecule has 1 fully saturated rings. The van der Waals surface area contributed by atoms with Gasteiger partial charge in [0.2, 0.25) is 10.0 Å². The molecule has 5 nitrogen and oxygen atoms in total. The van der Waals surface area contributed by atoms with Crippen LogP contribution < -0.4 is 10.0 Å². The molecule has 3 rings (SSSR count). The van der Waals surface area contributed by atoms with Gasteiger partial charge in [-0.05, 0) is 80.5 Å². The summed E-state index contributed by atoms with van der Waals surface area (Å²) in [5.41, 5.74) is 1.37. The lowest BCUT2D eigenvalue weighted by Crippen LogP contribution is -2.58. The van der Waals surface area contributed by atoms with E-state index in [-0.39, 0.29) is 0 Å². The molecule has 1 aromatic carbocycles. The molecule has 0 bridgehead atoms. The first-order valence-corrected chi connectivity index (χ1v) is 11.0. The maximum Gasteiger partial charge on any atom is 0.219 e. The standard InChI is InChI=1S/C18H24IN3O2S/c1-17(2,3)22-25(23,24)18(8-4-9-18)12-21-15-7-10-20-16-11-13(19)5-6-14(15)16/h5-7,10-11,22H,4,8-9,12H2,1-3H3,(H,20,21). The molecule has 0 atom stereocenters. The zero-order chi connectivity index (χ0) is 18.3. The van der Waals surface area contributed by atoms with Crippen molar-refractivity contribution in [1.29, 1.82) is 0 Å². The number of nitrogens with one attached hydrogen (secondary N) is 2. The van der Waals surface area contributed by atoms with E-state index in [0.29, 0.717) is 19.4 Å². The number of fused-ring (bicyclic) bond motifs is 1. The lowest BCUT2D eigenvalue weighted by Gasteiger charge is -2.42. The van der Waals surface area contributed by atoms with Gasteiger partial charge in [-0.2, -0.15) is 0 Å². The molecule has 1 aliphatic carbocycles. The van der Waals surface area contributed by atoms with Crippen molar-refractivity contribution < 1.29 is 8.42 Å². The number of hydrogen-bond donors (Lipinski definition) is 2. The Morgan fingerprint density at radius 2 is 1.96 bits per heavy atom. The number of sulfonamides is 1. The smallest absolute Gasteiger partial charge is 0.219 e. The molecule has 7 heteroatoms. The van der Waals surface area contributed by atoms with Gasteiger partial charge in [0.05, 0.1) is 5.52 Å². The van der Waals surface area contributed by atoms with Crippen LogP contribution in [0, 0.1) is 3.57 Å². The Balaban J connectivity index is 1.85. The third-order valence-corrected chi connectivity index (χ3v) is 7.83. The van der Waals surface area contributed by atoms with Crippen LogP contribution in [0.15, 0.2) is 30.5 Å². The van der Waals surface area contributed by atoms with E-state index in [0.717, 1.165) is 26.6 Å². The first-order valence-electron chi connectivity index (χ1n) is 8.44. The fraction of sp³-hybridized carbons (Fsp3) is 0.500. The first kappa shape index (κ1) is 18.8. The quantitative estimate of drug-likeness (QED) is 0.647. The van der Waals surface area contributed by atoms with Crippen molar-refractivity contribution in [1.82, 2.24) is 9.71 Å². The van der Waals surface area contributed by atoms with Crippen LogP contribution in [0.25, 0.3) is 10.9 Å². The van der Waals surface area contributed by atoms with Gasteiger partial charge in [0, 0.05) is 32.9 Å². The highest BCUT2D eigenvalue weighted by Crippen LogP contribution is 2.40. The van der Waals surface area contributed by atoms with Gasteiger partial charge in [0.1, 0.15) is 4.75 Å². The van der Waals surface area contributed by atoms with E-state index in [4.69, 9.17) is 0 Å². The van der Waals surface area contributed by atoms with Crippen LogP contribution in [0.1, 0.15) is 40.0 Å². The third kappa shape index (κ3) is 3.93. The van der Waals surface area contributed by atoms with Crippen LogP contribution in [-0.4, -0.2) is 30.2 Å². The van der Waals surface area contributed by atoms with Crippen LogP contribution >= 0.6 is 22.6 Å². The van der Waals surface area contributed by atoms with E-state index in [1.54, 1.807) is 6.20 Å². The maximum absolute atomic E-state index is 12.9. The number of pyridine rings is 1. The molecule has 136 valence electrons. The van der Waals surface area contributed by atoms with Gasteiger partial charge in [0.15, 0.2) is 0 Å². The number of benzene rings is 1. The lowest BCUT2D eigenvalue weighted by atomic mass is 9.84. The van der Waals surface area contributed by atoms with Crippen molar-refractivity contribution in [2.75, 3.05) is 11.9 Å². The summed E-state index contributed by atoms with van der Waals surface area (Å²) in [4.78, 5) is 4.40. The molecule has 1 aliphatic rings. The maximum atomic E-state index is 12.9. The minimum Gasteiger partial charge on any atom is -0.383 e. The topological polar surface area (TPSA) is 71.1 Å². The second-order valence-corrected chi connectivity index (χ2v) is 11.1. The SMILES string of the molecule is CC(C)(C)NS(=O)(=O)C1(CNc2ccnc3cc(I)ccc23)CCC1. The highest BCUT2D eigenvalue weighted by Gasteiger charge is 2.49. The van der Waals surface area contributed by atoms with E-state index in [1.165, 1.54) is 0 Å². The normalized spacial score (nSPS) is 17.3. The van der Waals surface area contributed by atoms with Crippen LogP contribution in [0.4, 0.5) is 5.69 Å². The summed E-state index contributed by atoms with van der Waals surface area (Å²) >= 11 is 2.26. The zero-order valence-corrected chi connectivity index (χ0v) is 17.7. The van der Waals surface area contributed by atoms with E-state index < -0.39 is 20.3 Å². The molecular formula is C18H24IN3O2S. The van der Waals surface area contributed by atoms with Gasteiger partial charge in [0.25, 0.3) is 0 Å². The van der Waals surface area contributed by atoms with E-state index in [2.05, 4.69) is 37.6 Å². The summed E-state index contributed by atoms with van der Waals surface area (Å²) in [6, 6.07) is 8.00. The molecule has 0 amide bonds. The fourth-order valence-electron chi connectivity index (χ4n) is 3.15. The zero-order valence-electron chi connectivity index (χ0n) is 14.8. The minimum atomic E-state index is -3.40. The highest BCUT2D eigenvalue weighted by atomic mass is 127. The summed E-state index contributed by atoms with van der Waals surface area (Å²) in [5.74, 6) is 0. The Bertz CT molecular complexity index is 887. The Labute approximate surface area is 163 Å². The number of hydrogen-bond acceptors (Lipinski definition) is 4. The van der Waals surface area contributed by atoms with Crippen molar-refractivity contribution in [3.05, 3.63) is 34.0 Å². The molecule has 2 N–H and O–H groups in total. The summed E-state index contributed by atoms with van der Waals surface area (Å²) in [7, 11) is -3.40. The van der Waals surface area contributed by atoms with Crippen LogP contribution in [0.2, 0.25) is 0 Å². The predicted molar refractivity (Wildman–Crippen MR) is 111 cm³/mol. The minimum absolute atomic E-state index is 0.406. The van der Waals surface area contributed by atoms with Crippen molar-refractivity contribution in [3.8, 4) is 0 Å². The Morgan fingerprint density at radius 3 is 2.56 bits per heavy atom. The fourth-order valence-corrected chi connectivity index (χ4v) is 5.74. The number of nitrogens with zero attached hydrogens (tertiary/aromatic N) is 1. The van der Waals surface area contributed by atoms with Crippen molar-refractivity contribution >= 4 is 49.2 Å². The molecule has 0 spiro atoms. The number of anilines is 1. The van der Waals surface area contributed by atoms with Crippen molar-refractivity contribution in [2.24, 2.45) is 0 Å². The molecule has 1 aromatic heterocycles. The predicted octanol–water partition coefficient (Wildman–Crippen LogP) is 3.89. The van der Waals surface area contributed by atoms with E-state index >= 15 is 0 Å². The van der Waals surface area contributed by atoms with Gasteiger partial charge < -0.3 is 5.32 Å². The highest BCUT2D eigenvalue weighted by molar-refractivity contribution is 14.1. The molecular weight excluding hydrogens is 449 g/mol. The average Bonchev–Trinajstić information content (AvgIpc) is 2.42. The second-order valence-electron chi connectivity index (χ2n) is 7.77. The Kier molecular flexibility index (Phi) is 5.02. The number of aromatic nitrogens is 1. The van der Waals surface area contributed by atoms with Gasteiger partial charge in [-0.3, -0.25) is 4.98 Å². The van der Waals surface area contributed by atoms with Crippen LogP contribution in [-0.2, 0) is 10.0 Å². The Hall–Kier alpha value is -0.930. The molecule has 1 heterocycles. The van der Waals surface area contributed by atoms with Crippen molar-refractivity contribution in [2.45, 2.75) is 50.3 Å². The molecule has 0 radical (unpaired) electrons. The number of rotatable bonds is 5. The first-order chi connectivity index (χ1) is 11.6. The van der Waals surface area contributed by atoms with Crippen molar-refractivity contribution in [3.63, 3.8) is 0 Å².